The minimum atomic E-state index is -0.324. The number of amides is 2. The lowest BCUT2D eigenvalue weighted by molar-refractivity contribution is 0.262. The third kappa shape index (κ3) is 4.20. The van der Waals surface area contributed by atoms with Crippen molar-refractivity contribution >= 4 is 34.4 Å². The molecule has 0 aliphatic carbocycles. The molecule has 0 fully saturated rings. The zero-order chi connectivity index (χ0) is 21.1. The molecule has 0 saturated carbocycles. The predicted molar refractivity (Wildman–Crippen MR) is 121 cm³/mol. The Morgan fingerprint density at radius 3 is 2.23 bits per heavy atom. The van der Waals surface area contributed by atoms with Gasteiger partial charge in [-0.1, -0.05) is 18.2 Å². The van der Waals surface area contributed by atoms with E-state index in [2.05, 4.69) is 15.6 Å². The number of carbonyl (C=O) groups is 1. The van der Waals surface area contributed by atoms with Gasteiger partial charge < -0.3 is 24.8 Å². The molecule has 0 bridgehead atoms. The number of urea groups is 1. The van der Waals surface area contributed by atoms with Crippen molar-refractivity contribution in [1.82, 2.24) is 9.55 Å². The maximum atomic E-state index is 12.4. The Kier molecular flexibility index (Phi) is 5.26. The van der Waals surface area contributed by atoms with Crippen molar-refractivity contribution in [3.63, 3.8) is 0 Å². The number of aromatic nitrogens is 2. The summed E-state index contributed by atoms with van der Waals surface area (Å²) in [7, 11) is 5.86. The van der Waals surface area contributed by atoms with Crippen LogP contribution in [0, 0.1) is 0 Å². The maximum Gasteiger partial charge on any atom is 0.323 e. The molecule has 30 heavy (non-hydrogen) atoms. The number of anilines is 3. The van der Waals surface area contributed by atoms with Crippen LogP contribution in [0.1, 0.15) is 0 Å². The fraction of sp³-hybridized carbons (Fsp3) is 0.130. The highest BCUT2D eigenvalue weighted by Crippen LogP contribution is 2.24. The number of benzene rings is 3. The average Bonchev–Trinajstić information content (AvgIpc) is 3.06. The highest BCUT2D eigenvalue weighted by Gasteiger charge is 2.11. The zero-order valence-corrected chi connectivity index (χ0v) is 17.1. The Labute approximate surface area is 174 Å². The van der Waals surface area contributed by atoms with Crippen molar-refractivity contribution in [2.75, 3.05) is 29.6 Å². The number of aryl methyl sites for hydroxylation is 1. The van der Waals surface area contributed by atoms with Crippen LogP contribution in [0.4, 0.5) is 22.1 Å². The number of rotatable bonds is 5. The molecule has 1 heterocycles. The van der Waals surface area contributed by atoms with Crippen molar-refractivity contribution in [2.45, 2.75) is 0 Å². The minimum Gasteiger partial charge on any atom is -0.457 e. The zero-order valence-electron chi connectivity index (χ0n) is 17.1. The molecular formula is C23H23N5O2. The molecule has 2 amide bonds. The molecule has 0 saturated heterocycles. The predicted octanol–water partition coefficient (Wildman–Crippen LogP) is 5.08. The van der Waals surface area contributed by atoms with Crippen molar-refractivity contribution in [3.05, 3.63) is 72.8 Å². The van der Waals surface area contributed by atoms with Gasteiger partial charge in [-0.3, -0.25) is 0 Å². The van der Waals surface area contributed by atoms with Gasteiger partial charge in [-0.25, -0.2) is 9.78 Å². The van der Waals surface area contributed by atoms with Gasteiger partial charge in [0.1, 0.15) is 11.5 Å². The highest BCUT2D eigenvalue weighted by molar-refractivity contribution is 6.00. The Balaban J connectivity index is 1.40. The van der Waals surface area contributed by atoms with E-state index < -0.39 is 0 Å². The molecule has 0 aliphatic rings. The van der Waals surface area contributed by atoms with Crippen molar-refractivity contribution in [1.29, 1.82) is 0 Å². The van der Waals surface area contributed by atoms with Gasteiger partial charge >= 0.3 is 6.03 Å². The molecule has 0 aliphatic heterocycles. The lowest BCUT2D eigenvalue weighted by atomic mass is 10.2. The fourth-order valence-electron chi connectivity index (χ4n) is 3.19. The normalized spacial score (nSPS) is 10.6. The molecule has 4 rings (SSSR count). The summed E-state index contributed by atoms with van der Waals surface area (Å²) in [6.07, 6.45) is 0. The number of hydrogen-bond donors (Lipinski definition) is 2. The second-order valence-electron chi connectivity index (χ2n) is 7.09. The SMILES string of the molecule is CN(C)c1nc2cc(NC(=O)Nc3ccc(Oc4ccccc4)cc3)ccc2n1C. The van der Waals surface area contributed by atoms with E-state index in [9.17, 15) is 4.79 Å². The van der Waals surface area contributed by atoms with E-state index in [1.165, 1.54) is 0 Å². The van der Waals surface area contributed by atoms with E-state index >= 15 is 0 Å². The molecular weight excluding hydrogens is 378 g/mol. The summed E-state index contributed by atoms with van der Waals surface area (Å²) in [5, 5.41) is 5.68. The van der Waals surface area contributed by atoms with Gasteiger partial charge in [0.25, 0.3) is 0 Å². The Morgan fingerprint density at radius 1 is 0.900 bits per heavy atom. The molecule has 3 aromatic carbocycles. The first-order valence-corrected chi connectivity index (χ1v) is 9.54. The first-order chi connectivity index (χ1) is 14.5. The molecule has 152 valence electrons. The average molecular weight is 401 g/mol. The number of ether oxygens (including phenoxy) is 1. The second kappa shape index (κ2) is 8.16. The largest absolute Gasteiger partial charge is 0.457 e. The Morgan fingerprint density at radius 2 is 1.53 bits per heavy atom. The third-order valence-electron chi connectivity index (χ3n) is 4.61. The van der Waals surface area contributed by atoms with E-state index in [4.69, 9.17) is 4.74 Å². The van der Waals surface area contributed by atoms with Crippen LogP contribution in [0.25, 0.3) is 11.0 Å². The topological polar surface area (TPSA) is 71.4 Å². The monoisotopic (exact) mass is 401 g/mol. The molecule has 7 nitrogen and oxygen atoms in total. The molecule has 0 spiro atoms. The number of nitrogens with zero attached hydrogens (tertiary/aromatic N) is 3. The van der Waals surface area contributed by atoms with Gasteiger partial charge in [-0.15, -0.1) is 0 Å². The summed E-state index contributed by atoms with van der Waals surface area (Å²) in [6, 6.07) is 22.1. The van der Waals surface area contributed by atoms with Crippen LogP contribution < -0.4 is 20.3 Å². The van der Waals surface area contributed by atoms with E-state index in [0.29, 0.717) is 17.1 Å². The molecule has 2 N–H and O–H groups in total. The first-order valence-electron chi connectivity index (χ1n) is 9.54. The van der Waals surface area contributed by atoms with Crippen LogP contribution >= 0.6 is 0 Å². The summed E-state index contributed by atoms with van der Waals surface area (Å²) in [6.45, 7) is 0. The summed E-state index contributed by atoms with van der Waals surface area (Å²) in [4.78, 5) is 18.9. The standard InChI is InChI=1S/C23H23N5O2/c1-27(2)23-26-20-15-17(11-14-21(20)28(23)3)25-22(29)24-16-9-12-19(13-10-16)30-18-7-5-4-6-8-18/h4-15H,1-3H3,(H2,24,25,29). The molecule has 0 unspecified atom stereocenters. The number of imidazole rings is 1. The highest BCUT2D eigenvalue weighted by atomic mass is 16.5. The lowest BCUT2D eigenvalue weighted by Crippen LogP contribution is -2.19. The van der Waals surface area contributed by atoms with Crippen LogP contribution in [0.5, 0.6) is 11.5 Å². The maximum absolute atomic E-state index is 12.4. The van der Waals surface area contributed by atoms with Crippen LogP contribution in [0.15, 0.2) is 72.8 Å². The lowest BCUT2D eigenvalue weighted by Gasteiger charge is -2.10. The summed E-state index contributed by atoms with van der Waals surface area (Å²) < 4.78 is 7.77. The van der Waals surface area contributed by atoms with Crippen molar-refractivity contribution in [3.8, 4) is 11.5 Å². The number of carbonyl (C=O) groups excluding carboxylic acids is 1. The third-order valence-corrected chi connectivity index (χ3v) is 4.61. The van der Waals surface area contributed by atoms with Gasteiger partial charge in [-0.05, 0) is 54.6 Å². The van der Waals surface area contributed by atoms with Gasteiger partial charge in [0.05, 0.1) is 11.0 Å². The van der Waals surface area contributed by atoms with E-state index in [1.807, 2.05) is 91.3 Å². The van der Waals surface area contributed by atoms with Crippen LogP contribution in [0.2, 0.25) is 0 Å². The Bertz CT molecular complexity index is 1170. The van der Waals surface area contributed by atoms with E-state index in [0.717, 1.165) is 22.7 Å². The van der Waals surface area contributed by atoms with Crippen molar-refractivity contribution < 1.29 is 9.53 Å². The van der Waals surface area contributed by atoms with Gasteiger partial charge in [-0.2, -0.15) is 0 Å². The smallest absolute Gasteiger partial charge is 0.323 e. The molecule has 1 aromatic heterocycles. The fourth-order valence-corrected chi connectivity index (χ4v) is 3.19. The quantitative estimate of drug-likeness (QED) is 0.489. The number of hydrogen-bond acceptors (Lipinski definition) is 4. The Hall–Kier alpha value is -4.00. The van der Waals surface area contributed by atoms with Gasteiger partial charge in [0.15, 0.2) is 0 Å². The number of fused-ring (bicyclic) bond motifs is 1. The van der Waals surface area contributed by atoms with Gasteiger partial charge in [0.2, 0.25) is 5.95 Å². The summed E-state index contributed by atoms with van der Waals surface area (Å²) >= 11 is 0. The number of para-hydroxylation sites is 1. The summed E-state index contributed by atoms with van der Waals surface area (Å²) in [5.74, 6) is 2.31. The summed E-state index contributed by atoms with van der Waals surface area (Å²) in [5.41, 5.74) is 3.16. The van der Waals surface area contributed by atoms with Crippen molar-refractivity contribution in [2.24, 2.45) is 7.05 Å². The number of nitrogens with one attached hydrogen (secondary N) is 2. The van der Waals surface area contributed by atoms with E-state index in [-0.39, 0.29) is 6.03 Å². The van der Waals surface area contributed by atoms with Gasteiger partial charge in [0, 0.05) is 32.5 Å². The second-order valence-corrected chi connectivity index (χ2v) is 7.09. The molecule has 4 aromatic rings. The minimum absolute atomic E-state index is 0.324. The first kappa shape index (κ1) is 19.3. The van der Waals surface area contributed by atoms with Crippen LogP contribution in [-0.2, 0) is 7.05 Å². The van der Waals surface area contributed by atoms with E-state index in [1.54, 1.807) is 12.1 Å². The molecule has 7 heteroatoms. The molecule has 0 radical (unpaired) electrons. The van der Waals surface area contributed by atoms with Crippen LogP contribution in [0.3, 0.4) is 0 Å². The van der Waals surface area contributed by atoms with Crippen LogP contribution in [-0.4, -0.2) is 29.7 Å². The molecule has 0 atom stereocenters.